The highest BCUT2D eigenvalue weighted by molar-refractivity contribution is 5.77. The van der Waals surface area contributed by atoms with Gasteiger partial charge in [0, 0.05) is 19.4 Å². The fourth-order valence-electron chi connectivity index (χ4n) is 1.73. The van der Waals surface area contributed by atoms with Gasteiger partial charge in [0.05, 0.1) is 5.56 Å². The van der Waals surface area contributed by atoms with Crippen molar-refractivity contribution >= 4 is 11.7 Å². The van der Waals surface area contributed by atoms with Gasteiger partial charge >= 0.3 is 12.1 Å². The number of rotatable bonds is 7. The second-order valence-electron chi connectivity index (χ2n) is 4.21. The molecule has 0 aliphatic rings. The zero-order valence-electron chi connectivity index (χ0n) is 10.9. The lowest BCUT2D eigenvalue weighted by atomic mass is 10.1. The van der Waals surface area contributed by atoms with E-state index in [1.807, 2.05) is 0 Å². The van der Waals surface area contributed by atoms with Gasteiger partial charge in [0.15, 0.2) is 0 Å². The van der Waals surface area contributed by atoms with Crippen LogP contribution in [0.15, 0.2) is 24.3 Å². The van der Waals surface area contributed by atoms with Crippen LogP contribution in [0.1, 0.15) is 18.4 Å². The molecule has 0 fully saturated rings. The number of hydrogen-bond donors (Lipinski definition) is 2. The molecule has 1 aromatic rings. The summed E-state index contributed by atoms with van der Waals surface area (Å²) in [5, 5.41) is 11.5. The number of alkyl halides is 3. The molecule has 20 heavy (non-hydrogen) atoms. The Morgan fingerprint density at radius 2 is 2.05 bits per heavy atom. The van der Waals surface area contributed by atoms with Gasteiger partial charge in [-0.05, 0) is 25.0 Å². The second-order valence-corrected chi connectivity index (χ2v) is 4.21. The molecule has 1 aromatic carbocycles. The molecule has 0 saturated carbocycles. The number of carbonyl (C=O) groups is 1. The van der Waals surface area contributed by atoms with Crippen LogP contribution < -0.4 is 5.32 Å². The zero-order valence-corrected chi connectivity index (χ0v) is 10.9. The van der Waals surface area contributed by atoms with Crippen molar-refractivity contribution in [1.29, 1.82) is 0 Å². The normalized spacial score (nSPS) is 13.0. The predicted molar refractivity (Wildman–Crippen MR) is 67.6 cm³/mol. The van der Waals surface area contributed by atoms with Crippen molar-refractivity contribution in [2.24, 2.45) is 0 Å². The first-order chi connectivity index (χ1) is 9.36. The highest BCUT2D eigenvalue weighted by atomic mass is 19.4. The summed E-state index contributed by atoms with van der Waals surface area (Å²) >= 11 is 0. The number of nitrogens with one attached hydrogen (secondary N) is 1. The fraction of sp³-hybridized carbons (Fsp3) is 0.462. The van der Waals surface area contributed by atoms with Crippen LogP contribution in [0, 0.1) is 0 Å². The molecule has 0 aromatic heterocycles. The van der Waals surface area contributed by atoms with E-state index in [0.29, 0.717) is 13.0 Å². The third-order valence-electron chi connectivity index (χ3n) is 2.70. The van der Waals surface area contributed by atoms with Crippen LogP contribution in [0.5, 0.6) is 0 Å². The molecule has 0 saturated heterocycles. The van der Waals surface area contributed by atoms with Crippen LogP contribution in [0.4, 0.5) is 18.9 Å². The van der Waals surface area contributed by atoms with Crippen LogP contribution in [0.3, 0.4) is 0 Å². The van der Waals surface area contributed by atoms with Crippen LogP contribution >= 0.6 is 0 Å². The topological polar surface area (TPSA) is 58.6 Å². The van der Waals surface area contributed by atoms with E-state index in [1.165, 1.54) is 25.3 Å². The highest BCUT2D eigenvalue weighted by Gasteiger charge is 2.34. The summed E-state index contributed by atoms with van der Waals surface area (Å²) in [6.45, 7) is 0.354. The average molecular weight is 291 g/mol. The van der Waals surface area contributed by atoms with Crippen molar-refractivity contribution in [1.82, 2.24) is 0 Å². The lowest BCUT2D eigenvalue weighted by Crippen LogP contribution is -2.30. The minimum absolute atomic E-state index is 0.176. The average Bonchev–Trinajstić information content (AvgIpc) is 2.37. The molecule has 0 aliphatic heterocycles. The standard InChI is InChI=1S/C13H16F3NO3/c1-20-8-4-7-11(12(18)19)17-10-6-3-2-5-9(10)13(14,15)16/h2-3,5-6,11,17H,4,7-8H2,1H3,(H,18,19). The van der Waals surface area contributed by atoms with Gasteiger partial charge in [-0.2, -0.15) is 13.2 Å². The molecule has 0 bridgehead atoms. The van der Waals surface area contributed by atoms with Gasteiger partial charge in [-0.3, -0.25) is 0 Å². The van der Waals surface area contributed by atoms with Crippen LogP contribution in [-0.2, 0) is 15.7 Å². The minimum Gasteiger partial charge on any atom is -0.480 e. The van der Waals surface area contributed by atoms with Crippen molar-refractivity contribution in [3.63, 3.8) is 0 Å². The van der Waals surface area contributed by atoms with Gasteiger partial charge in [-0.25, -0.2) is 4.79 Å². The minimum atomic E-state index is -4.53. The Morgan fingerprint density at radius 1 is 1.40 bits per heavy atom. The van der Waals surface area contributed by atoms with E-state index in [9.17, 15) is 18.0 Å². The Balaban J connectivity index is 2.86. The monoisotopic (exact) mass is 291 g/mol. The zero-order chi connectivity index (χ0) is 15.2. The quantitative estimate of drug-likeness (QED) is 0.758. The fourth-order valence-corrected chi connectivity index (χ4v) is 1.73. The maximum absolute atomic E-state index is 12.8. The van der Waals surface area contributed by atoms with Gasteiger partial charge < -0.3 is 15.2 Å². The molecule has 4 nitrogen and oxygen atoms in total. The number of para-hydroxylation sites is 1. The summed E-state index contributed by atoms with van der Waals surface area (Å²) < 4.78 is 43.2. The molecule has 0 spiro atoms. The predicted octanol–water partition coefficient (Wildman–Crippen LogP) is 3.00. The van der Waals surface area contributed by atoms with Crippen molar-refractivity contribution in [3.05, 3.63) is 29.8 Å². The van der Waals surface area contributed by atoms with Crippen LogP contribution in [0.2, 0.25) is 0 Å². The highest BCUT2D eigenvalue weighted by Crippen LogP contribution is 2.34. The molecule has 7 heteroatoms. The van der Waals surface area contributed by atoms with E-state index < -0.39 is 23.8 Å². The summed E-state index contributed by atoms with van der Waals surface area (Å²) in [6.07, 6.45) is -3.91. The summed E-state index contributed by atoms with van der Waals surface area (Å²) in [6, 6.07) is 3.72. The molecule has 0 radical (unpaired) electrons. The number of ether oxygens (including phenoxy) is 1. The molecule has 0 aliphatic carbocycles. The largest absolute Gasteiger partial charge is 0.480 e. The molecule has 1 rings (SSSR count). The number of hydrogen-bond acceptors (Lipinski definition) is 3. The summed E-state index contributed by atoms with van der Waals surface area (Å²) in [7, 11) is 1.47. The molecule has 2 N–H and O–H groups in total. The Bertz CT molecular complexity index is 449. The molecule has 0 heterocycles. The van der Waals surface area contributed by atoms with Gasteiger partial charge in [0.25, 0.3) is 0 Å². The summed E-state index contributed by atoms with van der Waals surface area (Å²) in [5.74, 6) is -1.20. The van der Waals surface area contributed by atoms with Gasteiger partial charge in [-0.15, -0.1) is 0 Å². The van der Waals surface area contributed by atoms with Crippen molar-refractivity contribution in [2.45, 2.75) is 25.1 Å². The van der Waals surface area contributed by atoms with E-state index in [0.717, 1.165) is 6.07 Å². The lowest BCUT2D eigenvalue weighted by molar-refractivity contribution is -0.139. The Hall–Kier alpha value is -1.76. The van der Waals surface area contributed by atoms with Crippen LogP contribution in [0.25, 0.3) is 0 Å². The van der Waals surface area contributed by atoms with E-state index in [-0.39, 0.29) is 12.1 Å². The summed E-state index contributed by atoms with van der Waals surface area (Å²) in [4.78, 5) is 11.1. The van der Waals surface area contributed by atoms with Gasteiger partial charge in [0.1, 0.15) is 6.04 Å². The molecule has 1 unspecified atom stereocenters. The van der Waals surface area contributed by atoms with E-state index in [4.69, 9.17) is 9.84 Å². The van der Waals surface area contributed by atoms with Crippen LogP contribution in [-0.4, -0.2) is 30.8 Å². The van der Waals surface area contributed by atoms with Crippen molar-refractivity contribution in [2.75, 3.05) is 19.0 Å². The van der Waals surface area contributed by atoms with Crippen molar-refractivity contribution in [3.8, 4) is 0 Å². The summed E-state index contributed by atoms with van der Waals surface area (Å²) in [5.41, 5.74) is -1.11. The first-order valence-electron chi connectivity index (χ1n) is 6.00. The maximum atomic E-state index is 12.8. The van der Waals surface area contributed by atoms with Gasteiger partial charge in [-0.1, -0.05) is 12.1 Å². The number of anilines is 1. The number of benzene rings is 1. The number of aliphatic carboxylic acids is 1. The number of carboxylic acids is 1. The number of carboxylic acid groups (broad SMARTS) is 1. The molecular weight excluding hydrogens is 275 g/mol. The third kappa shape index (κ3) is 4.73. The van der Waals surface area contributed by atoms with Gasteiger partial charge in [0.2, 0.25) is 0 Å². The number of halogens is 3. The van der Waals surface area contributed by atoms with Crippen molar-refractivity contribution < 1.29 is 27.8 Å². The van der Waals surface area contributed by atoms with E-state index in [2.05, 4.69) is 5.32 Å². The second kappa shape index (κ2) is 7.14. The smallest absolute Gasteiger partial charge is 0.418 e. The molecule has 1 atom stereocenters. The maximum Gasteiger partial charge on any atom is 0.418 e. The third-order valence-corrected chi connectivity index (χ3v) is 2.70. The lowest BCUT2D eigenvalue weighted by Gasteiger charge is -2.19. The Labute approximate surface area is 114 Å². The molecule has 0 amide bonds. The SMILES string of the molecule is COCCCC(Nc1ccccc1C(F)(F)F)C(=O)O. The van der Waals surface area contributed by atoms with E-state index >= 15 is 0 Å². The first kappa shape index (κ1) is 16.3. The Kier molecular flexibility index (Phi) is 5.82. The first-order valence-corrected chi connectivity index (χ1v) is 6.00. The Morgan fingerprint density at radius 3 is 2.60 bits per heavy atom. The number of methoxy groups -OCH3 is 1. The molecule has 112 valence electrons. The molecular formula is C13H16F3NO3. The van der Waals surface area contributed by atoms with E-state index in [1.54, 1.807) is 0 Å².